The first-order valence-corrected chi connectivity index (χ1v) is 9.02. The molecule has 0 radical (unpaired) electrons. The van der Waals surface area contributed by atoms with E-state index in [2.05, 4.69) is 9.73 Å². The summed E-state index contributed by atoms with van der Waals surface area (Å²) in [5.41, 5.74) is 1.25. The zero-order valence-electron chi connectivity index (χ0n) is 15.4. The molecule has 0 fully saturated rings. The quantitative estimate of drug-likeness (QED) is 0.505. The van der Waals surface area contributed by atoms with E-state index < -0.39 is 11.9 Å². The Morgan fingerprint density at radius 3 is 2.55 bits per heavy atom. The van der Waals surface area contributed by atoms with Gasteiger partial charge in [-0.05, 0) is 48.0 Å². The van der Waals surface area contributed by atoms with Crippen LogP contribution in [0.1, 0.15) is 11.1 Å². The first-order valence-electron chi connectivity index (χ1n) is 8.27. The van der Waals surface area contributed by atoms with Crippen LogP contribution in [0.25, 0.3) is 6.08 Å². The summed E-state index contributed by atoms with van der Waals surface area (Å²) in [4.78, 5) is 27.7. The number of halogens is 2. The topological polar surface area (TPSA) is 83.4 Å². The second-order valence-corrected chi connectivity index (χ2v) is 6.59. The van der Waals surface area contributed by atoms with Crippen molar-refractivity contribution in [3.63, 3.8) is 0 Å². The molecular formula is C20H15Cl2NO6. The molecule has 2 aromatic carbocycles. The van der Waals surface area contributed by atoms with Crippen molar-refractivity contribution in [2.24, 2.45) is 4.99 Å². The third kappa shape index (κ3) is 4.88. The summed E-state index contributed by atoms with van der Waals surface area (Å²) in [6, 6.07) is 9.88. The maximum absolute atomic E-state index is 12.2. The number of cyclic esters (lactones) is 1. The molecule has 0 unspecified atom stereocenters. The molecule has 0 spiro atoms. The summed E-state index contributed by atoms with van der Waals surface area (Å²) in [7, 11) is 2.67. The van der Waals surface area contributed by atoms with E-state index in [9.17, 15) is 9.59 Å². The predicted molar refractivity (Wildman–Crippen MR) is 108 cm³/mol. The van der Waals surface area contributed by atoms with Gasteiger partial charge in [-0.15, -0.1) is 0 Å². The highest BCUT2D eigenvalue weighted by Gasteiger charge is 2.24. The van der Waals surface area contributed by atoms with Gasteiger partial charge in [-0.3, -0.25) is 0 Å². The number of aliphatic imine (C=N–C) groups is 1. The Kier molecular flexibility index (Phi) is 6.41. The van der Waals surface area contributed by atoms with E-state index in [1.165, 1.54) is 20.3 Å². The van der Waals surface area contributed by atoms with Crippen molar-refractivity contribution in [2.75, 3.05) is 20.8 Å². The van der Waals surface area contributed by atoms with Gasteiger partial charge in [-0.25, -0.2) is 14.6 Å². The van der Waals surface area contributed by atoms with Crippen molar-refractivity contribution >= 4 is 47.1 Å². The monoisotopic (exact) mass is 435 g/mol. The SMILES string of the molecule is COC(=O)COc1c(Cl)cc(/C=C2/N=C(c3ccc(Cl)cc3)OC2=O)cc1OC. The highest BCUT2D eigenvalue weighted by Crippen LogP contribution is 2.37. The first kappa shape index (κ1) is 20.7. The Morgan fingerprint density at radius 1 is 1.17 bits per heavy atom. The molecule has 150 valence electrons. The number of hydrogen-bond acceptors (Lipinski definition) is 7. The van der Waals surface area contributed by atoms with Crippen LogP contribution in [0, 0.1) is 0 Å². The largest absolute Gasteiger partial charge is 0.493 e. The van der Waals surface area contributed by atoms with Crippen LogP contribution >= 0.6 is 23.2 Å². The van der Waals surface area contributed by atoms with Crippen molar-refractivity contribution < 1.29 is 28.5 Å². The third-order valence-corrected chi connectivity index (χ3v) is 4.36. The molecule has 3 rings (SSSR count). The van der Waals surface area contributed by atoms with Crippen LogP contribution in [0.3, 0.4) is 0 Å². The van der Waals surface area contributed by atoms with Crippen molar-refractivity contribution in [1.29, 1.82) is 0 Å². The number of hydrogen-bond donors (Lipinski definition) is 0. The van der Waals surface area contributed by atoms with E-state index >= 15 is 0 Å². The van der Waals surface area contributed by atoms with E-state index in [0.717, 1.165) is 0 Å². The molecule has 0 saturated carbocycles. The predicted octanol–water partition coefficient (Wildman–Crippen LogP) is 3.90. The highest BCUT2D eigenvalue weighted by molar-refractivity contribution is 6.32. The lowest BCUT2D eigenvalue weighted by Crippen LogP contribution is -2.13. The van der Waals surface area contributed by atoms with Crippen LogP contribution in [0.5, 0.6) is 11.5 Å². The Balaban J connectivity index is 1.89. The van der Waals surface area contributed by atoms with E-state index in [1.54, 1.807) is 36.4 Å². The molecule has 9 heteroatoms. The van der Waals surface area contributed by atoms with Gasteiger partial charge in [0.1, 0.15) is 0 Å². The number of nitrogens with zero attached hydrogens (tertiary/aromatic N) is 1. The van der Waals surface area contributed by atoms with Gasteiger partial charge in [0.05, 0.1) is 19.2 Å². The maximum atomic E-state index is 12.2. The Labute approximate surface area is 176 Å². The molecule has 1 aliphatic rings. The van der Waals surface area contributed by atoms with Gasteiger partial charge >= 0.3 is 11.9 Å². The number of carbonyl (C=O) groups is 2. The smallest absolute Gasteiger partial charge is 0.363 e. The average Bonchev–Trinajstić information content (AvgIpc) is 3.07. The van der Waals surface area contributed by atoms with E-state index in [4.69, 9.17) is 37.4 Å². The molecule has 0 aliphatic carbocycles. The zero-order valence-corrected chi connectivity index (χ0v) is 16.9. The second kappa shape index (κ2) is 8.98. The molecule has 0 saturated heterocycles. The molecule has 7 nitrogen and oxygen atoms in total. The normalized spacial score (nSPS) is 14.4. The van der Waals surface area contributed by atoms with Crippen molar-refractivity contribution in [2.45, 2.75) is 0 Å². The fraction of sp³-hybridized carbons (Fsp3) is 0.150. The Bertz CT molecular complexity index is 1010. The summed E-state index contributed by atoms with van der Waals surface area (Å²) in [6.45, 7) is -0.325. The molecule has 0 atom stereocenters. The lowest BCUT2D eigenvalue weighted by Gasteiger charge is -2.12. The molecule has 2 aromatic rings. The summed E-state index contributed by atoms with van der Waals surface area (Å²) < 4.78 is 20.4. The number of carbonyl (C=O) groups excluding carboxylic acids is 2. The number of rotatable bonds is 6. The standard InChI is InChI=1S/C20H15Cl2NO6/c1-26-16-9-11(7-14(22)18(16)28-10-17(24)27-2)8-15-20(25)29-19(23-15)12-3-5-13(21)6-4-12/h3-9H,10H2,1-2H3/b15-8+. The third-order valence-electron chi connectivity index (χ3n) is 3.83. The Hall–Kier alpha value is -3.03. The van der Waals surface area contributed by atoms with Gasteiger partial charge in [0.25, 0.3) is 0 Å². The lowest BCUT2D eigenvalue weighted by atomic mass is 10.1. The molecule has 0 N–H and O–H groups in total. The van der Waals surface area contributed by atoms with E-state index in [0.29, 0.717) is 16.1 Å². The molecule has 29 heavy (non-hydrogen) atoms. The van der Waals surface area contributed by atoms with Crippen LogP contribution in [-0.2, 0) is 19.1 Å². The highest BCUT2D eigenvalue weighted by atomic mass is 35.5. The minimum atomic E-state index is -0.601. The molecule has 0 bridgehead atoms. The molecule has 0 amide bonds. The summed E-state index contributed by atoms with van der Waals surface area (Å²) in [6.07, 6.45) is 1.50. The fourth-order valence-electron chi connectivity index (χ4n) is 2.44. The second-order valence-electron chi connectivity index (χ2n) is 5.74. The van der Waals surface area contributed by atoms with E-state index in [-0.39, 0.29) is 34.7 Å². The molecule has 1 heterocycles. The average molecular weight is 436 g/mol. The Morgan fingerprint density at radius 2 is 1.90 bits per heavy atom. The van der Waals surface area contributed by atoms with Crippen LogP contribution in [-0.4, -0.2) is 38.7 Å². The lowest BCUT2D eigenvalue weighted by molar-refractivity contribution is -0.143. The minimum absolute atomic E-state index is 0.0938. The molecule has 1 aliphatic heterocycles. The van der Waals surface area contributed by atoms with Gasteiger partial charge in [0.2, 0.25) is 5.90 Å². The maximum Gasteiger partial charge on any atom is 0.363 e. The zero-order chi connectivity index (χ0) is 21.0. The van der Waals surface area contributed by atoms with Crippen molar-refractivity contribution in [3.05, 3.63) is 63.3 Å². The number of benzene rings is 2. The van der Waals surface area contributed by atoms with Gasteiger partial charge < -0.3 is 18.9 Å². The van der Waals surface area contributed by atoms with Crippen LogP contribution in [0.15, 0.2) is 47.1 Å². The first-order chi connectivity index (χ1) is 13.9. The van der Waals surface area contributed by atoms with Crippen LogP contribution < -0.4 is 9.47 Å². The minimum Gasteiger partial charge on any atom is -0.493 e. The van der Waals surface area contributed by atoms with Gasteiger partial charge in [-0.2, -0.15) is 0 Å². The fourth-order valence-corrected chi connectivity index (χ4v) is 2.84. The number of ether oxygens (including phenoxy) is 4. The van der Waals surface area contributed by atoms with Gasteiger partial charge in [-0.1, -0.05) is 23.2 Å². The summed E-state index contributed by atoms with van der Waals surface area (Å²) in [5, 5.41) is 0.749. The molecular weight excluding hydrogens is 421 g/mol. The van der Waals surface area contributed by atoms with Crippen LogP contribution in [0.2, 0.25) is 10.0 Å². The number of methoxy groups -OCH3 is 2. The van der Waals surface area contributed by atoms with Crippen LogP contribution in [0.4, 0.5) is 0 Å². The van der Waals surface area contributed by atoms with Crippen molar-refractivity contribution in [3.8, 4) is 11.5 Å². The summed E-state index contributed by atoms with van der Waals surface area (Å²) >= 11 is 12.1. The van der Waals surface area contributed by atoms with E-state index in [1.807, 2.05) is 0 Å². The molecule has 0 aromatic heterocycles. The number of esters is 2. The summed E-state index contributed by atoms with van der Waals surface area (Å²) in [5.74, 6) is -0.528. The van der Waals surface area contributed by atoms with Crippen molar-refractivity contribution in [1.82, 2.24) is 0 Å². The van der Waals surface area contributed by atoms with Gasteiger partial charge in [0.15, 0.2) is 23.8 Å². The van der Waals surface area contributed by atoms with Gasteiger partial charge in [0, 0.05) is 10.6 Å².